The maximum Gasteiger partial charge on any atom is 0.240 e. The number of benzene rings is 1. The molecule has 118 valence electrons. The number of aliphatic hydroxyl groups excluding tert-OH is 1. The van der Waals surface area contributed by atoms with Gasteiger partial charge in [0.25, 0.3) is 0 Å². The summed E-state index contributed by atoms with van der Waals surface area (Å²) in [4.78, 5) is 16.8. The molecule has 1 aliphatic rings. The summed E-state index contributed by atoms with van der Waals surface area (Å²) in [5.74, 6) is 0.963. The number of imidazole rings is 1. The first kappa shape index (κ1) is 15.0. The molecule has 0 bridgehead atoms. The predicted octanol–water partition coefficient (Wildman–Crippen LogP) is 0.295. The van der Waals surface area contributed by atoms with Gasteiger partial charge in [-0.1, -0.05) is 19.1 Å². The third-order valence-electron chi connectivity index (χ3n) is 4.22. The van der Waals surface area contributed by atoms with Crippen molar-refractivity contribution in [3.05, 3.63) is 30.1 Å². The van der Waals surface area contributed by atoms with Crippen molar-refractivity contribution in [2.45, 2.75) is 26.0 Å². The Labute approximate surface area is 129 Å². The summed E-state index contributed by atoms with van der Waals surface area (Å²) in [7, 11) is 0. The molecule has 6 nitrogen and oxygen atoms in total. The van der Waals surface area contributed by atoms with E-state index in [0.29, 0.717) is 13.1 Å². The zero-order valence-electron chi connectivity index (χ0n) is 12.7. The van der Waals surface area contributed by atoms with Crippen molar-refractivity contribution >= 4 is 16.9 Å². The Morgan fingerprint density at radius 3 is 3.00 bits per heavy atom. The first-order valence-electron chi connectivity index (χ1n) is 7.78. The molecule has 3 rings (SSSR count). The normalized spacial score (nSPS) is 21.4. The van der Waals surface area contributed by atoms with Gasteiger partial charge in [0.15, 0.2) is 0 Å². The van der Waals surface area contributed by atoms with Crippen LogP contribution in [0.2, 0.25) is 0 Å². The highest BCUT2D eigenvalue weighted by molar-refractivity contribution is 5.81. The van der Waals surface area contributed by atoms with Crippen LogP contribution in [0.5, 0.6) is 0 Å². The van der Waals surface area contributed by atoms with Gasteiger partial charge in [0.2, 0.25) is 5.91 Å². The number of hydrogen-bond acceptors (Lipinski definition) is 4. The van der Waals surface area contributed by atoms with Gasteiger partial charge in [-0.25, -0.2) is 4.98 Å². The van der Waals surface area contributed by atoms with E-state index in [1.807, 2.05) is 35.8 Å². The molecule has 0 aliphatic carbocycles. The van der Waals surface area contributed by atoms with Crippen molar-refractivity contribution < 1.29 is 9.90 Å². The fourth-order valence-corrected chi connectivity index (χ4v) is 2.94. The van der Waals surface area contributed by atoms with E-state index in [1.54, 1.807) is 0 Å². The van der Waals surface area contributed by atoms with Crippen molar-refractivity contribution in [1.82, 2.24) is 20.2 Å². The molecule has 2 atom stereocenters. The molecule has 1 aliphatic heterocycles. The van der Waals surface area contributed by atoms with Gasteiger partial charge >= 0.3 is 0 Å². The van der Waals surface area contributed by atoms with Crippen molar-refractivity contribution in [2.75, 3.05) is 19.6 Å². The van der Waals surface area contributed by atoms with Crippen LogP contribution in [0.25, 0.3) is 11.0 Å². The van der Waals surface area contributed by atoms with Gasteiger partial charge < -0.3 is 20.3 Å². The van der Waals surface area contributed by atoms with Crippen LogP contribution < -0.4 is 10.6 Å². The van der Waals surface area contributed by atoms with Crippen LogP contribution in [0.1, 0.15) is 12.7 Å². The SMILES string of the molecule is CCc1nc2ccccc2n1CC(=O)NC[C@@H]1CNC[C@H]1O. The van der Waals surface area contributed by atoms with E-state index in [-0.39, 0.29) is 24.5 Å². The maximum atomic E-state index is 12.2. The second-order valence-electron chi connectivity index (χ2n) is 5.75. The Balaban J connectivity index is 1.68. The lowest BCUT2D eigenvalue weighted by molar-refractivity contribution is -0.121. The quantitative estimate of drug-likeness (QED) is 0.742. The van der Waals surface area contributed by atoms with Gasteiger partial charge in [0, 0.05) is 32.0 Å². The molecule has 2 heterocycles. The third-order valence-corrected chi connectivity index (χ3v) is 4.22. The topological polar surface area (TPSA) is 79.2 Å². The minimum Gasteiger partial charge on any atom is -0.391 e. The zero-order chi connectivity index (χ0) is 15.5. The number of nitrogens with one attached hydrogen (secondary N) is 2. The number of carbonyl (C=O) groups is 1. The van der Waals surface area contributed by atoms with E-state index >= 15 is 0 Å². The fraction of sp³-hybridized carbons (Fsp3) is 0.500. The molecule has 3 N–H and O–H groups in total. The van der Waals surface area contributed by atoms with Crippen molar-refractivity contribution in [1.29, 1.82) is 0 Å². The fourth-order valence-electron chi connectivity index (χ4n) is 2.94. The molecule has 1 aromatic carbocycles. The highest BCUT2D eigenvalue weighted by Gasteiger charge is 2.25. The lowest BCUT2D eigenvalue weighted by atomic mass is 10.1. The van der Waals surface area contributed by atoms with Crippen LogP contribution in [0.15, 0.2) is 24.3 Å². The molecule has 6 heteroatoms. The first-order valence-corrected chi connectivity index (χ1v) is 7.78. The molecule has 0 unspecified atom stereocenters. The largest absolute Gasteiger partial charge is 0.391 e. The summed E-state index contributed by atoms with van der Waals surface area (Å²) in [6.45, 7) is 4.15. The number of aryl methyl sites for hydroxylation is 1. The molecular formula is C16H22N4O2. The maximum absolute atomic E-state index is 12.2. The zero-order valence-corrected chi connectivity index (χ0v) is 12.7. The second kappa shape index (κ2) is 6.46. The van der Waals surface area contributed by atoms with Gasteiger partial charge in [-0.3, -0.25) is 4.79 Å². The lowest BCUT2D eigenvalue weighted by Crippen LogP contribution is -2.36. The number of para-hydroxylation sites is 2. The summed E-state index contributed by atoms with van der Waals surface area (Å²) >= 11 is 0. The Bertz CT molecular complexity index is 667. The molecule has 22 heavy (non-hydrogen) atoms. The van der Waals surface area contributed by atoms with E-state index in [0.717, 1.165) is 29.8 Å². The summed E-state index contributed by atoms with van der Waals surface area (Å²) in [6, 6.07) is 7.86. The number of carbonyl (C=O) groups excluding carboxylic acids is 1. The highest BCUT2D eigenvalue weighted by Crippen LogP contribution is 2.16. The average molecular weight is 302 g/mol. The minimum atomic E-state index is -0.374. The molecule has 1 amide bonds. The number of aliphatic hydroxyl groups is 1. The second-order valence-corrected chi connectivity index (χ2v) is 5.75. The van der Waals surface area contributed by atoms with E-state index in [9.17, 15) is 9.90 Å². The number of rotatable bonds is 5. The van der Waals surface area contributed by atoms with Crippen molar-refractivity contribution in [2.24, 2.45) is 5.92 Å². The Morgan fingerprint density at radius 2 is 2.27 bits per heavy atom. The molecule has 0 spiro atoms. The smallest absolute Gasteiger partial charge is 0.240 e. The molecule has 0 saturated carbocycles. The van der Waals surface area contributed by atoms with Crippen LogP contribution in [-0.4, -0.2) is 46.3 Å². The Morgan fingerprint density at radius 1 is 1.45 bits per heavy atom. The molecule has 1 aromatic heterocycles. The van der Waals surface area contributed by atoms with Gasteiger partial charge in [-0.05, 0) is 12.1 Å². The van der Waals surface area contributed by atoms with Gasteiger partial charge in [-0.2, -0.15) is 0 Å². The summed E-state index contributed by atoms with van der Waals surface area (Å²) < 4.78 is 1.97. The van der Waals surface area contributed by atoms with E-state index < -0.39 is 0 Å². The summed E-state index contributed by atoms with van der Waals surface area (Å²) in [5, 5.41) is 15.8. The molecule has 1 saturated heterocycles. The van der Waals surface area contributed by atoms with Crippen molar-refractivity contribution in [3.63, 3.8) is 0 Å². The predicted molar refractivity (Wildman–Crippen MR) is 84.5 cm³/mol. The molecule has 1 fully saturated rings. The number of hydrogen-bond donors (Lipinski definition) is 3. The van der Waals surface area contributed by atoms with Crippen molar-refractivity contribution in [3.8, 4) is 0 Å². The number of aromatic nitrogens is 2. The standard InChI is InChI=1S/C16H22N4O2/c1-2-15-19-12-5-3-4-6-13(12)20(15)10-16(22)18-8-11-7-17-9-14(11)21/h3-6,11,14,17,21H,2,7-10H2,1H3,(H,18,22)/t11-,14+/m0/s1. The number of fused-ring (bicyclic) bond motifs is 1. The number of amides is 1. The Hall–Kier alpha value is -1.92. The summed E-state index contributed by atoms with van der Waals surface area (Å²) in [6.07, 6.45) is 0.410. The van der Waals surface area contributed by atoms with Crippen LogP contribution in [0.3, 0.4) is 0 Å². The number of β-amino-alcohol motifs (C(OH)–C–C–N with tert-alkyl or cyclic N) is 1. The minimum absolute atomic E-state index is 0.0445. The Kier molecular flexibility index (Phi) is 4.40. The average Bonchev–Trinajstić information content (AvgIpc) is 3.09. The number of nitrogens with zero attached hydrogens (tertiary/aromatic N) is 2. The lowest BCUT2D eigenvalue weighted by Gasteiger charge is -2.15. The van der Waals surface area contributed by atoms with Crippen LogP contribution >= 0.6 is 0 Å². The van der Waals surface area contributed by atoms with E-state index in [4.69, 9.17) is 0 Å². The van der Waals surface area contributed by atoms with E-state index in [2.05, 4.69) is 15.6 Å². The molecule has 0 radical (unpaired) electrons. The highest BCUT2D eigenvalue weighted by atomic mass is 16.3. The molecule has 2 aromatic rings. The monoisotopic (exact) mass is 302 g/mol. The third kappa shape index (κ3) is 2.98. The summed E-state index contributed by atoms with van der Waals surface area (Å²) in [5.41, 5.74) is 1.90. The van der Waals surface area contributed by atoms with Crippen LogP contribution in [0.4, 0.5) is 0 Å². The van der Waals surface area contributed by atoms with E-state index in [1.165, 1.54) is 0 Å². The van der Waals surface area contributed by atoms with Crippen LogP contribution in [0, 0.1) is 5.92 Å². The molecular weight excluding hydrogens is 280 g/mol. The van der Waals surface area contributed by atoms with Crippen LogP contribution in [-0.2, 0) is 17.8 Å². The van der Waals surface area contributed by atoms with Gasteiger partial charge in [-0.15, -0.1) is 0 Å². The first-order chi connectivity index (χ1) is 10.7. The van der Waals surface area contributed by atoms with Gasteiger partial charge in [0.05, 0.1) is 17.1 Å². The van der Waals surface area contributed by atoms with Gasteiger partial charge in [0.1, 0.15) is 12.4 Å².